The van der Waals surface area contributed by atoms with Gasteiger partial charge in [-0.3, -0.25) is 4.79 Å². The van der Waals surface area contributed by atoms with Gasteiger partial charge in [0.15, 0.2) is 6.10 Å². The summed E-state index contributed by atoms with van der Waals surface area (Å²) in [7, 11) is 0. The van der Waals surface area contributed by atoms with Gasteiger partial charge in [0.05, 0.1) is 11.3 Å². The zero-order chi connectivity index (χ0) is 23.4. The van der Waals surface area contributed by atoms with Crippen LogP contribution in [-0.2, 0) is 15.3 Å². The molecule has 1 amide bonds. The highest BCUT2D eigenvalue weighted by Crippen LogP contribution is 2.29. The van der Waals surface area contributed by atoms with Gasteiger partial charge in [0, 0.05) is 27.3 Å². The van der Waals surface area contributed by atoms with Crippen molar-refractivity contribution in [1.82, 2.24) is 5.16 Å². The van der Waals surface area contributed by atoms with Crippen molar-refractivity contribution in [3.63, 3.8) is 0 Å². The van der Waals surface area contributed by atoms with Gasteiger partial charge in [-0.1, -0.05) is 53.7 Å². The second kappa shape index (κ2) is 9.92. The van der Waals surface area contributed by atoms with Crippen molar-refractivity contribution in [2.75, 3.05) is 5.32 Å². The van der Waals surface area contributed by atoms with Crippen molar-refractivity contribution in [3.05, 3.63) is 89.3 Å². The molecule has 0 radical (unpaired) electrons. The molecule has 33 heavy (non-hydrogen) atoms. The summed E-state index contributed by atoms with van der Waals surface area (Å²) in [5, 5.41) is 8.79. The molecule has 0 bridgehead atoms. The Morgan fingerprint density at radius 3 is 2.55 bits per heavy atom. The first kappa shape index (κ1) is 22.6. The number of hydrogen-bond acceptors (Lipinski definition) is 6. The van der Waals surface area contributed by atoms with E-state index in [4.69, 9.17) is 9.26 Å². The minimum Gasteiger partial charge on any atom is -0.449 e. The number of benzene rings is 3. The van der Waals surface area contributed by atoms with Gasteiger partial charge >= 0.3 is 5.97 Å². The summed E-state index contributed by atoms with van der Waals surface area (Å²) in [6.07, 6.45) is -0.961. The van der Waals surface area contributed by atoms with Crippen LogP contribution in [-0.4, -0.2) is 23.1 Å². The van der Waals surface area contributed by atoms with Gasteiger partial charge < -0.3 is 14.6 Å². The standard InChI is InChI=1S/C26H24N2O4S/c1-16-22(17(2)32-28-16)15-33-24-14-7-6-12-21(24)26(30)31-18(3)25(29)27-23-13-8-10-19-9-4-5-11-20(19)23/h4-14,18H,15H2,1-3H3,(H,27,29). The van der Waals surface area contributed by atoms with Gasteiger partial charge in [-0.05, 0) is 44.4 Å². The van der Waals surface area contributed by atoms with Gasteiger partial charge in [-0.25, -0.2) is 4.79 Å². The quantitative estimate of drug-likeness (QED) is 0.272. The predicted octanol–water partition coefficient (Wildman–Crippen LogP) is 5.92. The molecule has 4 aromatic rings. The highest BCUT2D eigenvalue weighted by molar-refractivity contribution is 7.98. The molecule has 0 saturated heterocycles. The van der Waals surface area contributed by atoms with Crippen LogP contribution in [0.2, 0.25) is 0 Å². The number of anilines is 1. The summed E-state index contributed by atoms with van der Waals surface area (Å²) >= 11 is 1.50. The largest absolute Gasteiger partial charge is 0.449 e. The predicted molar refractivity (Wildman–Crippen MR) is 129 cm³/mol. The normalized spacial score (nSPS) is 11.8. The molecular weight excluding hydrogens is 436 g/mol. The van der Waals surface area contributed by atoms with Crippen LogP contribution in [0, 0.1) is 13.8 Å². The Bertz CT molecular complexity index is 1290. The number of ether oxygens (including phenoxy) is 1. The Labute approximate surface area is 196 Å². The van der Waals surface area contributed by atoms with Crippen molar-refractivity contribution < 1.29 is 18.8 Å². The van der Waals surface area contributed by atoms with E-state index >= 15 is 0 Å². The molecule has 0 saturated carbocycles. The Hall–Kier alpha value is -3.58. The maximum Gasteiger partial charge on any atom is 0.340 e. The molecule has 7 heteroatoms. The number of nitrogens with zero attached hydrogens (tertiary/aromatic N) is 1. The van der Waals surface area contributed by atoms with Gasteiger partial charge in [0.1, 0.15) is 5.76 Å². The van der Waals surface area contributed by atoms with E-state index in [0.717, 1.165) is 32.7 Å². The summed E-state index contributed by atoms with van der Waals surface area (Å²) < 4.78 is 10.7. The smallest absolute Gasteiger partial charge is 0.340 e. The molecular formula is C26H24N2O4S. The Morgan fingerprint density at radius 1 is 1.03 bits per heavy atom. The molecule has 0 spiro atoms. The first-order valence-electron chi connectivity index (χ1n) is 10.6. The van der Waals surface area contributed by atoms with E-state index in [1.165, 1.54) is 11.8 Å². The number of hydrogen-bond donors (Lipinski definition) is 1. The number of carbonyl (C=O) groups excluding carboxylic acids is 2. The summed E-state index contributed by atoms with van der Waals surface area (Å²) in [6.45, 7) is 5.33. The molecule has 0 aliphatic heterocycles. The number of esters is 1. The van der Waals surface area contributed by atoms with Crippen LogP contribution in [0.25, 0.3) is 10.8 Å². The zero-order valence-electron chi connectivity index (χ0n) is 18.6. The van der Waals surface area contributed by atoms with Crippen LogP contribution in [0.5, 0.6) is 0 Å². The van der Waals surface area contributed by atoms with Crippen molar-refractivity contribution in [2.24, 2.45) is 0 Å². The Kier molecular flexibility index (Phi) is 6.79. The fraction of sp³-hybridized carbons (Fsp3) is 0.192. The first-order valence-corrected chi connectivity index (χ1v) is 11.6. The maximum atomic E-state index is 12.9. The van der Waals surface area contributed by atoms with E-state index < -0.39 is 12.1 Å². The molecule has 1 unspecified atom stereocenters. The second-order valence-corrected chi connectivity index (χ2v) is 8.67. The van der Waals surface area contributed by atoms with E-state index in [9.17, 15) is 9.59 Å². The van der Waals surface area contributed by atoms with Crippen molar-refractivity contribution in [2.45, 2.75) is 37.5 Å². The molecule has 4 rings (SSSR count). The zero-order valence-corrected chi connectivity index (χ0v) is 19.4. The average molecular weight is 461 g/mol. The third-order valence-corrected chi connectivity index (χ3v) is 6.46. The van der Waals surface area contributed by atoms with E-state index in [0.29, 0.717) is 17.0 Å². The number of nitrogens with one attached hydrogen (secondary N) is 1. The molecule has 6 nitrogen and oxygen atoms in total. The molecule has 1 aromatic heterocycles. The van der Waals surface area contributed by atoms with Crippen molar-refractivity contribution >= 4 is 40.1 Å². The lowest BCUT2D eigenvalue weighted by Gasteiger charge is -2.16. The fourth-order valence-electron chi connectivity index (χ4n) is 3.47. The lowest BCUT2D eigenvalue weighted by molar-refractivity contribution is -0.123. The number of fused-ring (bicyclic) bond motifs is 1. The minimum absolute atomic E-state index is 0.388. The Morgan fingerprint density at radius 2 is 1.76 bits per heavy atom. The summed E-state index contributed by atoms with van der Waals surface area (Å²) in [4.78, 5) is 26.4. The highest BCUT2D eigenvalue weighted by Gasteiger charge is 2.22. The molecule has 1 N–H and O–H groups in total. The van der Waals surface area contributed by atoms with E-state index in [1.807, 2.05) is 68.4 Å². The van der Waals surface area contributed by atoms with Gasteiger partial charge in [-0.15, -0.1) is 11.8 Å². The molecule has 0 aliphatic carbocycles. The highest BCUT2D eigenvalue weighted by atomic mass is 32.2. The van der Waals surface area contributed by atoms with Gasteiger partial charge in [0.25, 0.3) is 5.91 Å². The topological polar surface area (TPSA) is 81.4 Å². The van der Waals surface area contributed by atoms with Gasteiger partial charge in [-0.2, -0.15) is 0 Å². The van der Waals surface area contributed by atoms with Crippen LogP contribution in [0.3, 0.4) is 0 Å². The average Bonchev–Trinajstić information content (AvgIpc) is 3.15. The van der Waals surface area contributed by atoms with Crippen molar-refractivity contribution in [1.29, 1.82) is 0 Å². The summed E-state index contributed by atoms with van der Waals surface area (Å²) in [5.74, 6) is 0.444. The summed E-state index contributed by atoms with van der Waals surface area (Å²) in [5.41, 5.74) is 2.93. The number of amides is 1. The summed E-state index contributed by atoms with van der Waals surface area (Å²) in [6, 6.07) is 20.7. The second-order valence-electron chi connectivity index (χ2n) is 7.65. The molecule has 1 atom stereocenters. The molecule has 1 heterocycles. The Balaban J connectivity index is 1.44. The third kappa shape index (κ3) is 5.09. The van der Waals surface area contributed by atoms with Crippen LogP contribution < -0.4 is 5.32 Å². The lowest BCUT2D eigenvalue weighted by Crippen LogP contribution is -2.30. The minimum atomic E-state index is -0.961. The monoisotopic (exact) mass is 460 g/mol. The maximum absolute atomic E-state index is 12.9. The van der Waals surface area contributed by atoms with Crippen LogP contribution in [0.15, 0.2) is 76.1 Å². The van der Waals surface area contributed by atoms with Gasteiger partial charge in [0.2, 0.25) is 0 Å². The van der Waals surface area contributed by atoms with E-state index in [2.05, 4.69) is 10.5 Å². The molecule has 0 aliphatic rings. The lowest BCUT2D eigenvalue weighted by atomic mass is 10.1. The third-order valence-electron chi connectivity index (χ3n) is 5.36. The van der Waals surface area contributed by atoms with Crippen LogP contribution in [0.1, 0.15) is 34.3 Å². The number of rotatable bonds is 7. The first-order chi connectivity index (χ1) is 15.9. The number of carbonyl (C=O) groups is 2. The molecule has 168 valence electrons. The molecule has 0 fully saturated rings. The number of aromatic nitrogens is 1. The molecule has 3 aromatic carbocycles. The van der Waals surface area contributed by atoms with Crippen molar-refractivity contribution in [3.8, 4) is 0 Å². The fourth-order valence-corrected chi connectivity index (χ4v) is 4.66. The SMILES string of the molecule is Cc1noc(C)c1CSc1ccccc1C(=O)OC(C)C(=O)Nc1cccc2ccccc12. The van der Waals surface area contributed by atoms with E-state index in [-0.39, 0.29) is 5.91 Å². The van der Waals surface area contributed by atoms with Crippen LogP contribution >= 0.6 is 11.8 Å². The van der Waals surface area contributed by atoms with E-state index in [1.54, 1.807) is 19.1 Å². The van der Waals surface area contributed by atoms with Crippen LogP contribution in [0.4, 0.5) is 5.69 Å². The number of thioether (sulfide) groups is 1. The number of aryl methyl sites for hydroxylation is 2.